The molecular formula is C19H26N4O5S. The van der Waals surface area contributed by atoms with E-state index in [1.54, 1.807) is 24.3 Å². The second kappa shape index (κ2) is 11.3. The molecule has 1 heterocycles. The molecule has 1 saturated heterocycles. The van der Waals surface area contributed by atoms with Gasteiger partial charge in [-0.1, -0.05) is 6.08 Å². The van der Waals surface area contributed by atoms with Crippen LogP contribution < -0.4 is 30.7 Å². The van der Waals surface area contributed by atoms with Gasteiger partial charge >= 0.3 is 0 Å². The second-order valence-electron chi connectivity index (χ2n) is 6.24. The first-order valence-electron chi connectivity index (χ1n) is 9.01. The highest BCUT2D eigenvalue weighted by Gasteiger charge is 2.28. The van der Waals surface area contributed by atoms with Gasteiger partial charge in [-0.3, -0.25) is 19.7 Å². The summed E-state index contributed by atoms with van der Waals surface area (Å²) in [5, 5.41) is 11.4. The summed E-state index contributed by atoms with van der Waals surface area (Å²) in [4.78, 5) is 36.0. The van der Waals surface area contributed by atoms with E-state index in [0.717, 1.165) is 0 Å². The molecule has 0 aromatic heterocycles. The molecule has 2 unspecified atom stereocenters. The fourth-order valence-corrected chi connectivity index (χ4v) is 3.61. The molecule has 158 valence electrons. The van der Waals surface area contributed by atoms with Crippen molar-refractivity contribution >= 4 is 35.2 Å². The molecule has 9 nitrogen and oxygen atoms in total. The SMILES string of the molecule is C=CCNC(=O)CC1CC(=O)NC(SCC(=O)Nc2ccc(OC)c(OC)c2)N1. The highest BCUT2D eigenvalue weighted by atomic mass is 32.2. The van der Waals surface area contributed by atoms with Crippen LogP contribution in [0.2, 0.25) is 0 Å². The van der Waals surface area contributed by atoms with Crippen LogP contribution in [-0.4, -0.2) is 55.8 Å². The lowest BCUT2D eigenvalue weighted by Gasteiger charge is -2.30. The summed E-state index contributed by atoms with van der Waals surface area (Å²) in [5.41, 5.74) is 0.121. The molecule has 0 aliphatic carbocycles. The summed E-state index contributed by atoms with van der Waals surface area (Å²) in [6.07, 6.45) is 1.97. The third kappa shape index (κ3) is 7.31. The summed E-state index contributed by atoms with van der Waals surface area (Å²) in [5.74, 6) is 0.634. The van der Waals surface area contributed by atoms with Crippen LogP contribution >= 0.6 is 11.8 Å². The average Bonchev–Trinajstić information content (AvgIpc) is 2.70. The molecule has 1 aromatic carbocycles. The minimum absolute atomic E-state index is 0.113. The number of carbonyl (C=O) groups excluding carboxylic acids is 3. The van der Waals surface area contributed by atoms with E-state index in [2.05, 4.69) is 27.8 Å². The van der Waals surface area contributed by atoms with Gasteiger partial charge in [0.2, 0.25) is 17.7 Å². The summed E-state index contributed by atoms with van der Waals surface area (Å²) in [6.45, 7) is 3.92. The fraction of sp³-hybridized carbons (Fsp3) is 0.421. The number of amides is 3. The van der Waals surface area contributed by atoms with Crippen molar-refractivity contribution in [2.75, 3.05) is 31.8 Å². The number of nitrogens with one attached hydrogen (secondary N) is 4. The van der Waals surface area contributed by atoms with Crippen molar-refractivity contribution in [3.63, 3.8) is 0 Å². The summed E-state index contributed by atoms with van der Waals surface area (Å²) in [7, 11) is 3.05. The van der Waals surface area contributed by atoms with E-state index in [0.29, 0.717) is 23.7 Å². The zero-order chi connectivity index (χ0) is 21.2. The number of hydrogen-bond donors (Lipinski definition) is 4. The minimum atomic E-state index is -0.454. The van der Waals surface area contributed by atoms with E-state index in [9.17, 15) is 14.4 Å². The number of anilines is 1. The van der Waals surface area contributed by atoms with E-state index in [1.165, 1.54) is 26.0 Å². The molecule has 0 radical (unpaired) electrons. The van der Waals surface area contributed by atoms with Crippen LogP contribution in [0.4, 0.5) is 5.69 Å². The van der Waals surface area contributed by atoms with Gasteiger partial charge in [0, 0.05) is 37.2 Å². The first-order chi connectivity index (χ1) is 13.9. The average molecular weight is 423 g/mol. The molecule has 1 aliphatic rings. The van der Waals surface area contributed by atoms with Crippen molar-refractivity contribution < 1.29 is 23.9 Å². The normalized spacial score (nSPS) is 18.3. The van der Waals surface area contributed by atoms with Crippen LogP contribution in [0, 0.1) is 0 Å². The van der Waals surface area contributed by atoms with Gasteiger partial charge in [-0.2, -0.15) is 0 Å². The first-order valence-corrected chi connectivity index (χ1v) is 10.1. The predicted octanol–water partition coefficient (Wildman–Crippen LogP) is 0.830. The van der Waals surface area contributed by atoms with Gasteiger partial charge in [0.25, 0.3) is 0 Å². The van der Waals surface area contributed by atoms with E-state index in [4.69, 9.17) is 9.47 Å². The lowest BCUT2D eigenvalue weighted by atomic mass is 10.1. The van der Waals surface area contributed by atoms with E-state index < -0.39 is 5.50 Å². The van der Waals surface area contributed by atoms with E-state index in [1.807, 2.05) is 0 Å². The van der Waals surface area contributed by atoms with E-state index >= 15 is 0 Å². The molecule has 0 bridgehead atoms. The van der Waals surface area contributed by atoms with Gasteiger partial charge in [0.1, 0.15) is 5.50 Å². The third-order valence-corrected chi connectivity index (χ3v) is 5.05. The Morgan fingerprint density at radius 1 is 1.28 bits per heavy atom. The van der Waals surface area contributed by atoms with Gasteiger partial charge in [-0.15, -0.1) is 18.3 Å². The number of carbonyl (C=O) groups is 3. The number of benzene rings is 1. The Balaban J connectivity index is 1.83. The largest absolute Gasteiger partial charge is 0.493 e. The summed E-state index contributed by atoms with van der Waals surface area (Å²) in [6, 6.07) is 4.79. The molecule has 0 spiro atoms. The highest BCUT2D eigenvalue weighted by molar-refractivity contribution is 8.00. The molecule has 3 amide bonds. The molecule has 1 fully saturated rings. The number of methoxy groups -OCH3 is 2. The van der Waals surface area contributed by atoms with Gasteiger partial charge < -0.3 is 25.4 Å². The van der Waals surface area contributed by atoms with Gasteiger partial charge in [0.05, 0.1) is 20.0 Å². The zero-order valence-electron chi connectivity index (χ0n) is 16.4. The Bertz CT molecular complexity index is 758. The van der Waals surface area contributed by atoms with Crippen molar-refractivity contribution in [3.05, 3.63) is 30.9 Å². The Morgan fingerprint density at radius 3 is 2.72 bits per heavy atom. The molecular weight excluding hydrogens is 396 g/mol. The Morgan fingerprint density at radius 2 is 2.03 bits per heavy atom. The quantitative estimate of drug-likeness (QED) is 0.413. The lowest BCUT2D eigenvalue weighted by Crippen LogP contribution is -2.56. The topological polar surface area (TPSA) is 118 Å². The summed E-state index contributed by atoms with van der Waals surface area (Å²) < 4.78 is 10.4. The number of thioether (sulfide) groups is 1. The Labute approximate surface area is 174 Å². The smallest absolute Gasteiger partial charge is 0.234 e. The lowest BCUT2D eigenvalue weighted by molar-refractivity contribution is -0.125. The zero-order valence-corrected chi connectivity index (χ0v) is 17.3. The van der Waals surface area contributed by atoms with Crippen molar-refractivity contribution in [2.24, 2.45) is 0 Å². The number of rotatable bonds is 10. The molecule has 2 rings (SSSR count). The minimum Gasteiger partial charge on any atom is -0.493 e. The van der Waals surface area contributed by atoms with Crippen LogP contribution in [0.1, 0.15) is 12.8 Å². The monoisotopic (exact) mass is 422 g/mol. The van der Waals surface area contributed by atoms with Crippen LogP contribution in [0.5, 0.6) is 11.5 Å². The van der Waals surface area contributed by atoms with Crippen LogP contribution in [0.15, 0.2) is 30.9 Å². The number of ether oxygens (including phenoxy) is 2. The molecule has 2 atom stereocenters. The van der Waals surface area contributed by atoms with Gasteiger partial charge in [0.15, 0.2) is 11.5 Å². The molecule has 4 N–H and O–H groups in total. The Kier molecular flexibility index (Phi) is 8.81. The standard InChI is InChI=1S/C19H26N4O5S/c1-4-7-20-16(24)9-13-10-17(25)23-19(22-13)29-11-18(26)21-12-5-6-14(27-2)15(8-12)28-3/h4-6,8,13,19,22H,1,7,9-11H2,2-3H3,(H,20,24)(H,21,26)(H,23,25). The maximum Gasteiger partial charge on any atom is 0.234 e. The first kappa shape index (κ1) is 22.6. The molecule has 1 aliphatic heterocycles. The maximum atomic E-state index is 12.3. The molecule has 10 heteroatoms. The van der Waals surface area contributed by atoms with Gasteiger partial charge in [-0.25, -0.2) is 0 Å². The van der Waals surface area contributed by atoms with Crippen LogP contribution in [0.25, 0.3) is 0 Å². The second-order valence-corrected chi connectivity index (χ2v) is 7.33. The van der Waals surface area contributed by atoms with Crippen LogP contribution in [-0.2, 0) is 14.4 Å². The van der Waals surface area contributed by atoms with E-state index in [-0.39, 0.29) is 42.4 Å². The highest BCUT2D eigenvalue weighted by Crippen LogP contribution is 2.29. The van der Waals surface area contributed by atoms with Gasteiger partial charge in [-0.05, 0) is 12.1 Å². The van der Waals surface area contributed by atoms with Crippen molar-refractivity contribution in [1.82, 2.24) is 16.0 Å². The maximum absolute atomic E-state index is 12.3. The van der Waals surface area contributed by atoms with Crippen molar-refractivity contribution in [3.8, 4) is 11.5 Å². The number of hydrogen-bond acceptors (Lipinski definition) is 7. The molecule has 29 heavy (non-hydrogen) atoms. The summed E-state index contributed by atoms with van der Waals surface area (Å²) >= 11 is 1.24. The van der Waals surface area contributed by atoms with Crippen molar-refractivity contribution in [1.29, 1.82) is 0 Å². The fourth-order valence-electron chi connectivity index (χ4n) is 2.72. The Hall–Kier alpha value is -2.72. The molecule has 0 saturated carbocycles. The molecule has 1 aromatic rings. The third-order valence-electron chi connectivity index (χ3n) is 4.03. The predicted molar refractivity (Wildman–Crippen MR) is 112 cm³/mol. The van der Waals surface area contributed by atoms with Crippen molar-refractivity contribution in [2.45, 2.75) is 24.4 Å². The van der Waals surface area contributed by atoms with Crippen LogP contribution in [0.3, 0.4) is 0 Å².